The number of hydrogen-bond acceptors (Lipinski definition) is 5. The second kappa shape index (κ2) is 11.8. The van der Waals surface area contributed by atoms with Crippen molar-refractivity contribution in [3.63, 3.8) is 0 Å². The third-order valence-corrected chi connectivity index (χ3v) is 4.05. The second-order valence-electron chi connectivity index (χ2n) is 6.29. The lowest BCUT2D eigenvalue weighted by Crippen LogP contribution is -2.39. The molecule has 0 aliphatic rings. The van der Waals surface area contributed by atoms with Crippen LogP contribution in [0.4, 0.5) is 5.69 Å². The molecule has 0 saturated heterocycles. The number of benzene rings is 2. The highest BCUT2D eigenvalue weighted by Gasteiger charge is 2.17. The molecule has 2 unspecified atom stereocenters. The third-order valence-electron chi connectivity index (χ3n) is 4.05. The third kappa shape index (κ3) is 7.56. The fourth-order valence-electron chi connectivity index (χ4n) is 2.54. The summed E-state index contributed by atoms with van der Waals surface area (Å²) in [6.07, 6.45) is 0.142. The zero-order valence-corrected chi connectivity index (χ0v) is 17.2. The van der Waals surface area contributed by atoms with E-state index in [1.807, 2.05) is 30.3 Å². The van der Waals surface area contributed by atoms with Gasteiger partial charge in [-0.1, -0.05) is 30.3 Å². The van der Waals surface area contributed by atoms with Crippen molar-refractivity contribution in [1.29, 1.82) is 0 Å². The Labute approximate surface area is 176 Å². The number of anilines is 1. The Morgan fingerprint density at radius 1 is 1.03 bits per heavy atom. The molecule has 0 heterocycles. The molecule has 0 bridgehead atoms. The van der Waals surface area contributed by atoms with Crippen LogP contribution in [0, 0.1) is 0 Å². The van der Waals surface area contributed by atoms with Crippen LogP contribution in [0.3, 0.4) is 0 Å². The Bertz CT molecular complexity index is 812. The van der Waals surface area contributed by atoms with E-state index in [9.17, 15) is 14.4 Å². The van der Waals surface area contributed by atoms with Crippen molar-refractivity contribution < 1.29 is 19.1 Å². The van der Waals surface area contributed by atoms with Crippen LogP contribution in [0.25, 0.3) is 0 Å². The van der Waals surface area contributed by atoms with Crippen molar-refractivity contribution in [3.8, 4) is 0 Å². The van der Waals surface area contributed by atoms with Gasteiger partial charge in [-0.25, -0.2) is 4.79 Å². The lowest BCUT2D eigenvalue weighted by Gasteiger charge is -2.13. The molecule has 2 amide bonds. The van der Waals surface area contributed by atoms with Gasteiger partial charge in [-0.05, 0) is 43.7 Å². The normalized spacial score (nSPS) is 12.1. The minimum absolute atomic E-state index is 0. The first-order valence-corrected chi connectivity index (χ1v) is 9.08. The lowest BCUT2D eigenvalue weighted by atomic mass is 10.0. The van der Waals surface area contributed by atoms with Gasteiger partial charge in [0.2, 0.25) is 5.91 Å². The van der Waals surface area contributed by atoms with Crippen molar-refractivity contribution in [1.82, 2.24) is 5.32 Å². The van der Waals surface area contributed by atoms with Crippen LogP contribution in [-0.2, 0) is 14.3 Å². The summed E-state index contributed by atoms with van der Waals surface area (Å²) in [5, 5.41) is 5.33. The van der Waals surface area contributed by atoms with E-state index in [2.05, 4.69) is 10.6 Å². The highest BCUT2D eigenvalue weighted by molar-refractivity contribution is 5.97. The van der Waals surface area contributed by atoms with E-state index in [1.54, 1.807) is 38.1 Å². The number of esters is 1. The summed E-state index contributed by atoms with van der Waals surface area (Å²) in [4.78, 5) is 35.9. The molecular formula is C21H26ClN3O4. The predicted molar refractivity (Wildman–Crippen MR) is 114 cm³/mol. The van der Waals surface area contributed by atoms with Gasteiger partial charge in [0.15, 0.2) is 0 Å². The SMILES string of the molecule is CCOC(=O)C(C)NC(=O)c1ccc(NC(=O)CC(N)c2ccccc2)cc1.Cl. The van der Waals surface area contributed by atoms with Gasteiger partial charge in [0.1, 0.15) is 6.04 Å². The molecule has 0 fully saturated rings. The number of carbonyl (C=O) groups excluding carboxylic acids is 3. The number of ether oxygens (including phenoxy) is 1. The highest BCUT2D eigenvalue weighted by atomic mass is 35.5. The number of nitrogens with two attached hydrogens (primary N) is 1. The lowest BCUT2D eigenvalue weighted by molar-refractivity contribution is -0.144. The summed E-state index contributed by atoms with van der Waals surface area (Å²) in [7, 11) is 0. The molecule has 0 aliphatic heterocycles. The zero-order chi connectivity index (χ0) is 20.5. The summed E-state index contributed by atoms with van der Waals surface area (Å²) in [5.74, 6) is -1.11. The number of nitrogens with one attached hydrogen (secondary N) is 2. The Hall–Kier alpha value is -2.90. The van der Waals surface area contributed by atoms with Crippen molar-refractivity contribution in [2.75, 3.05) is 11.9 Å². The molecule has 8 heteroatoms. The number of carbonyl (C=O) groups is 3. The number of halogens is 1. The molecule has 0 spiro atoms. The average Bonchev–Trinajstić information content (AvgIpc) is 2.69. The van der Waals surface area contributed by atoms with Crippen molar-refractivity contribution in [3.05, 3.63) is 65.7 Å². The first-order valence-electron chi connectivity index (χ1n) is 9.08. The molecule has 0 aliphatic carbocycles. The Morgan fingerprint density at radius 2 is 1.66 bits per heavy atom. The van der Waals surface area contributed by atoms with Crippen LogP contribution >= 0.6 is 12.4 Å². The van der Waals surface area contributed by atoms with Crippen molar-refractivity contribution in [2.45, 2.75) is 32.4 Å². The maximum absolute atomic E-state index is 12.2. The summed E-state index contributed by atoms with van der Waals surface area (Å²) >= 11 is 0. The van der Waals surface area contributed by atoms with Gasteiger partial charge in [-0.2, -0.15) is 0 Å². The average molecular weight is 420 g/mol. The van der Waals surface area contributed by atoms with Crippen LogP contribution in [0.1, 0.15) is 42.2 Å². The first-order chi connectivity index (χ1) is 13.4. The van der Waals surface area contributed by atoms with Gasteiger partial charge in [0, 0.05) is 23.7 Å². The van der Waals surface area contributed by atoms with E-state index >= 15 is 0 Å². The van der Waals surface area contributed by atoms with Crippen LogP contribution < -0.4 is 16.4 Å². The molecule has 2 aromatic carbocycles. The fourth-order valence-corrected chi connectivity index (χ4v) is 2.54. The summed E-state index contributed by atoms with van der Waals surface area (Å²) in [6, 6.07) is 14.6. The molecule has 156 valence electrons. The highest BCUT2D eigenvalue weighted by Crippen LogP contribution is 2.15. The van der Waals surface area contributed by atoms with E-state index in [0.29, 0.717) is 11.3 Å². The summed E-state index contributed by atoms with van der Waals surface area (Å²) in [6.45, 7) is 3.51. The predicted octanol–water partition coefficient (Wildman–Crippen LogP) is 2.82. The van der Waals surface area contributed by atoms with Crippen LogP contribution in [0.15, 0.2) is 54.6 Å². The second-order valence-corrected chi connectivity index (χ2v) is 6.29. The smallest absolute Gasteiger partial charge is 0.328 e. The fraction of sp³-hybridized carbons (Fsp3) is 0.286. The maximum atomic E-state index is 12.2. The van der Waals surface area contributed by atoms with Crippen LogP contribution in [0.5, 0.6) is 0 Å². The van der Waals surface area contributed by atoms with Gasteiger partial charge in [-0.15, -0.1) is 12.4 Å². The summed E-state index contributed by atoms with van der Waals surface area (Å²) < 4.78 is 4.86. The van der Waals surface area contributed by atoms with Crippen molar-refractivity contribution >= 4 is 35.9 Å². The maximum Gasteiger partial charge on any atom is 0.328 e. The van der Waals surface area contributed by atoms with Gasteiger partial charge >= 0.3 is 5.97 Å². The number of rotatable bonds is 8. The van der Waals surface area contributed by atoms with Gasteiger partial charge in [0.25, 0.3) is 5.91 Å². The molecular weight excluding hydrogens is 394 g/mol. The molecule has 0 radical (unpaired) electrons. The van der Waals surface area contributed by atoms with E-state index in [0.717, 1.165) is 5.56 Å². The Balaban J connectivity index is 0.00000420. The quantitative estimate of drug-likeness (QED) is 0.570. The van der Waals surface area contributed by atoms with E-state index < -0.39 is 24.0 Å². The Kier molecular flexibility index (Phi) is 9.85. The monoisotopic (exact) mass is 419 g/mol. The van der Waals surface area contributed by atoms with Gasteiger partial charge < -0.3 is 21.1 Å². The molecule has 7 nitrogen and oxygen atoms in total. The molecule has 2 aromatic rings. The van der Waals surface area contributed by atoms with E-state index in [-0.39, 0.29) is 31.3 Å². The minimum Gasteiger partial charge on any atom is -0.464 e. The zero-order valence-electron chi connectivity index (χ0n) is 16.4. The van der Waals surface area contributed by atoms with Crippen molar-refractivity contribution in [2.24, 2.45) is 5.73 Å². The topological polar surface area (TPSA) is 111 Å². The molecule has 4 N–H and O–H groups in total. The standard InChI is InChI=1S/C21H25N3O4.ClH/c1-3-28-21(27)14(2)23-20(26)16-9-11-17(12-10-16)24-19(25)13-18(22)15-7-5-4-6-8-15;/h4-12,14,18H,3,13,22H2,1-2H3,(H,23,26)(H,24,25);1H. The Morgan fingerprint density at radius 3 is 2.24 bits per heavy atom. The van der Waals surface area contributed by atoms with Gasteiger partial charge in [0.05, 0.1) is 6.61 Å². The molecule has 2 rings (SSSR count). The molecule has 29 heavy (non-hydrogen) atoms. The largest absolute Gasteiger partial charge is 0.464 e. The van der Waals surface area contributed by atoms with Gasteiger partial charge in [-0.3, -0.25) is 9.59 Å². The molecule has 2 atom stereocenters. The van der Waals surface area contributed by atoms with E-state index in [4.69, 9.17) is 10.5 Å². The number of amides is 2. The van der Waals surface area contributed by atoms with Crippen LogP contribution in [0.2, 0.25) is 0 Å². The molecule has 0 aromatic heterocycles. The summed E-state index contributed by atoms with van der Waals surface area (Å²) in [5.41, 5.74) is 7.87. The number of hydrogen-bond donors (Lipinski definition) is 3. The first kappa shape index (κ1) is 24.1. The van der Waals surface area contributed by atoms with Crippen LogP contribution in [-0.4, -0.2) is 30.4 Å². The minimum atomic E-state index is -0.744. The van der Waals surface area contributed by atoms with E-state index in [1.165, 1.54) is 0 Å². The molecule has 0 saturated carbocycles.